The average Bonchev–Trinajstić information content (AvgIpc) is 3.22. The van der Waals surface area contributed by atoms with E-state index in [-0.39, 0.29) is 18.4 Å². The lowest BCUT2D eigenvalue weighted by atomic mass is 10.2. The van der Waals surface area contributed by atoms with Crippen LogP contribution in [0, 0.1) is 0 Å². The monoisotopic (exact) mass is 360 g/mol. The quantitative estimate of drug-likeness (QED) is 0.766. The van der Waals surface area contributed by atoms with Gasteiger partial charge >= 0.3 is 11.7 Å². The Morgan fingerprint density at radius 3 is 2.81 bits per heavy atom. The number of benzene rings is 1. The highest BCUT2D eigenvalue weighted by molar-refractivity contribution is 5.83. The number of nitrogens with one attached hydrogen (secondary N) is 1. The molecule has 140 valence electrons. The maximum Gasteiger partial charge on any atom is 0.419 e. The Labute approximate surface area is 151 Å². The SMILES string of the molecule is CC(OC(=O)CCCn1c(=O)oc2ccccc21)C(=O)NC1CCCC1. The molecule has 1 aliphatic carbocycles. The Bertz CT molecular complexity index is 832. The van der Waals surface area contributed by atoms with Crippen LogP contribution in [0.1, 0.15) is 45.4 Å². The van der Waals surface area contributed by atoms with Crippen LogP contribution < -0.4 is 11.1 Å². The number of fused-ring (bicyclic) bond motifs is 1. The first kappa shape index (κ1) is 18.2. The topological polar surface area (TPSA) is 90.5 Å². The molecule has 1 aromatic carbocycles. The first-order valence-corrected chi connectivity index (χ1v) is 9.13. The van der Waals surface area contributed by atoms with Gasteiger partial charge in [-0.05, 0) is 38.3 Å². The fourth-order valence-electron chi connectivity index (χ4n) is 3.31. The van der Waals surface area contributed by atoms with Crippen LogP contribution in [0.4, 0.5) is 0 Å². The van der Waals surface area contributed by atoms with Gasteiger partial charge in [0, 0.05) is 19.0 Å². The smallest absolute Gasteiger partial charge is 0.419 e. The molecule has 26 heavy (non-hydrogen) atoms. The van der Waals surface area contributed by atoms with Gasteiger partial charge in [-0.1, -0.05) is 25.0 Å². The average molecular weight is 360 g/mol. The van der Waals surface area contributed by atoms with Crippen LogP contribution in [0.2, 0.25) is 0 Å². The van der Waals surface area contributed by atoms with Crippen molar-refractivity contribution in [1.29, 1.82) is 0 Å². The summed E-state index contributed by atoms with van der Waals surface area (Å²) in [5.74, 6) is -1.13. The number of hydrogen-bond donors (Lipinski definition) is 1. The van der Waals surface area contributed by atoms with E-state index in [1.165, 1.54) is 4.57 Å². The van der Waals surface area contributed by atoms with Gasteiger partial charge in [0.15, 0.2) is 11.7 Å². The minimum absolute atomic E-state index is 0.132. The van der Waals surface area contributed by atoms with Crippen LogP contribution >= 0.6 is 0 Å². The zero-order valence-electron chi connectivity index (χ0n) is 14.9. The van der Waals surface area contributed by atoms with E-state index in [0.29, 0.717) is 24.1 Å². The Balaban J connectivity index is 1.45. The lowest BCUT2D eigenvalue weighted by molar-refractivity contribution is -0.155. The van der Waals surface area contributed by atoms with Gasteiger partial charge in [-0.15, -0.1) is 0 Å². The zero-order chi connectivity index (χ0) is 18.5. The van der Waals surface area contributed by atoms with Crippen molar-refractivity contribution in [2.75, 3.05) is 0 Å². The van der Waals surface area contributed by atoms with E-state index in [2.05, 4.69) is 5.32 Å². The predicted molar refractivity (Wildman–Crippen MR) is 95.7 cm³/mol. The van der Waals surface area contributed by atoms with Crippen LogP contribution in [0.5, 0.6) is 0 Å². The van der Waals surface area contributed by atoms with Crippen molar-refractivity contribution in [3.63, 3.8) is 0 Å². The van der Waals surface area contributed by atoms with Crippen LogP contribution in [0.25, 0.3) is 11.1 Å². The molecule has 1 unspecified atom stereocenters. The van der Waals surface area contributed by atoms with Gasteiger partial charge in [0.1, 0.15) is 0 Å². The number of amides is 1. The summed E-state index contributed by atoms with van der Waals surface area (Å²) in [5.41, 5.74) is 1.23. The molecule has 0 radical (unpaired) electrons. The molecule has 1 aromatic heterocycles. The van der Waals surface area contributed by atoms with Crippen LogP contribution in [0.15, 0.2) is 33.5 Å². The van der Waals surface area contributed by atoms with Crippen molar-refractivity contribution in [2.24, 2.45) is 0 Å². The molecule has 1 fully saturated rings. The van der Waals surface area contributed by atoms with Crippen molar-refractivity contribution in [1.82, 2.24) is 9.88 Å². The van der Waals surface area contributed by atoms with Crippen LogP contribution in [0.3, 0.4) is 0 Å². The van der Waals surface area contributed by atoms with Crippen molar-refractivity contribution < 1.29 is 18.7 Å². The second-order valence-electron chi connectivity index (χ2n) is 6.71. The summed E-state index contributed by atoms with van der Waals surface area (Å²) in [5, 5.41) is 2.92. The highest BCUT2D eigenvalue weighted by atomic mass is 16.5. The fourth-order valence-corrected chi connectivity index (χ4v) is 3.31. The summed E-state index contributed by atoms with van der Waals surface area (Å²) in [6, 6.07) is 7.35. The maximum absolute atomic E-state index is 12.0. The van der Waals surface area contributed by atoms with Gasteiger partial charge < -0.3 is 14.5 Å². The Morgan fingerprint density at radius 1 is 1.31 bits per heavy atom. The lowest BCUT2D eigenvalue weighted by Crippen LogP contribution is -2.40. The maximum atomic E-state index is 12.0. The van der Waals surface area contributed by atoms with E-state index in [9.17, 15) is 14.4 Å². The summed E-state index contributed by atoms with van der Waals surface area (Å²) < 4.78 is 11.9. The molecule has 0 spiro atoms. The van der Waals surface area contributed by atoms with Crippen molar-refractivity contribution >= 4 is 23.0 Å². The number of aryl methyl sites for hydroxylation is 1. The minimum Gasteiger partial charge on any atom is -0.453 e. The number of oxazole rings is 1. The Kier molecular flexibility index (Phi) is 5.75. The second kappa shape index (κ2) is 8.21. The van der Waals surface area contributed by atoms with E-state index in [1.807, 2.05) is 6.07 Å². The first-order valence-electron chi connectivity index (χ1n) is 9.13. The molecular formula is C19H24N2O5. The van der Waals surface area contributed by atoms with Gasteiger partial charge in [-0.2, -0.15) is 0 Å². The van der Waals surface area contributed by atoms with Gasteiger partial charge in [-0.25, -0.2) is 4.79 Å². The molecule has 1 atom stereocenters. The Morgan fingerprint density at radius 2 is 2.04 bits per heavy atom. The first-order chi connectivity index (χ1) is 12.5. The number of ether oxygens (including phenoxy) is 1. The van der Waals surface area contributed by atoms with E-state index in [0.717, 1.165) is 25.7 Å². The number of aromatic nitrogens is 1. The number of carbonyl (C=O) groups is 2. The number of nitrogens with zero attached hydrogens (tertiary/aromatic N) is 1. The van der Waals surface area contributed by atoms with E-state index in [4.69, 9.17) is 9.15 Å². The molecule has 3 rings (SSSR count). The number of para-hydroxylation sites is 2. The summed E-state index contributed by atoms with van der Waals surface area (Å²) in [4.78, 5) is 35.9. The second-order valence-corrected chi connectivity index (χ2v) is 6.71. The standard InChI is InChI=1S/C19H24N2O5/c1-13(18(23)20-14-7-2-3-8-14)25-17(22)11-6-12-21-15-9-4-5-10-16(15)26-19(21)24/h4-5,9-10,13-14H,2-3,6-8,11-12H2,1H3,(H,20,23). The van der Waals surface area contributed by atoms with Gasteiger partial charge in [0.05, 0.1) is 5.52 Å². The highest BCUT2D eigenvalue weighted by Crippen LogP contribution is 2.18. The molecule has 1 amide bonds. The predicted octanol–water partition coefficient (Wildman–Crippen LogP) is 2.37. The van der Waals surface area contributed by atoms with Crippen molar-refractivity contribution in [3.05, 3.63) is 34.8 Å². The number of rotatable bonds is 7. The number of esters is 1. The molecule has 0 aliphatic heterocycles. The summed E-state index contributed by atoms with van der Waals surface area (Å²) in [7, 11) is 0. The lowest BCUT2D eigenvalue weighted by Gasteiger charge is -2.17. The zero-order valence-corrected chi connectivity index (χ0v) is 14.9. The minimum atomic E-state index is -0.805. The Hall–Kier alpha value is -2.57. The molecular weight excluding hydrogens is 336 g/mol. The molecule has 1 aliphatic rings. The molecule has 2 aromatic rings. The van der Waals surface area contributed by atoms with Gasteiger partial charge in [0.2, 0.25) is 0 Å². The number of hydrogen-bond acceptors (Lipinski definition) is 5. The molecule has 0 saturated heterocycles. The van der Waals surface area contributed by atoms with E-state index in [1.54, 1.807) is 25.1 Å². The van der Waals surface area contributed by atoms with E-state index >= 15 is 0 Å². The highest BCUT2D eigenvalue weighted by Gasteiger charge is 2.23. The van der Waals surface area contributed by atoms with Gasteiger partial charge in [0.25, 0.3) is 5.91 Å². The van der Waals surface area contributed by atoms with E-state index < -0.39 is 17.8 Å². The molecule has 1 heterocycles. The van der Waals surface area contributed by atoms with Crippen LogP contribution in [-0.2, 0) is 20.9 Å². The van der Waals surface area contributed by atoms with Crippen molar-refractivity contribution in [2.45, 2.75) is 64.1 Å². The normalized spacial score (nSPS) is 15.9. The molecule has 1 N–H and O–H groups in total. The largest absolute Gasteiger partial charge is 0.453 e. The number of carbonyl (C=O) groups excluding carboxylic acids is 2. The van der Waals surface area contributed by atoms with Crippen molar-refractivity contribution in [3.8, 4) is 0 Å². The molecule has 0 bridgehead atoms. The third kappa shape index (κ3) is 4.33. The fraction of sp³-hybridized carbons (Fsp3) is 0.526. The third-order valence-electron chi connectivity index (χ3n) is 4.72. The van der Waals surface area contributed by atoms with Gasteiger partial charge in [-0.3, -0.25) is 14.2 Å². The summed E-state index contributed by atoms with van der Waals surface area (Å²) >= 11 is 0. The summed E-state index contributed by atoms with van der Waals surface area (Å²) in [6.07, 6.45) is 3.98. The van der Waals surface area contributed by atoms with Crippen LogP contribution in [-0.4, -0.2) is 28.6 Å². The molecule has 7 heteroatoms. The molecule has 1 saturated carbocycles. The third-order valence-corrected chi connectivity index (χ3v) is 4.72. The summed E-state index contributed by atoms with van der Waals surface area (Å²) in [6.45, 7) is 1.93. The molecule has 7 nitrogen and oxygen atoms in total.